The van der Waals surface area contributed by atoms with Crippen molar-refractivity contribution in [3.05, 3.63) is 21.0 Å². The number of nitrogens with zero attached hydrogens (tertiary/aromatic N) is 1. The Kier molecular flexibility index (Phi) is 2.16. The first-order chi connectivity index (χ1) is 5.77. The van der Waals surface area contributed by atoms with Crippen LogP contribution in [0.4, 0.5) is 4.39 Å². The summed E-state index contributed by atoms with van der Waals surface area (Å²) in [6, 6.07) is 0. The fraction of sp³-hybridized carbons (Fsp3) is 0.375. The largest absolute Gasteiger partial charge is 0.281 e. The molecule has 12 heavy (non-hydrogen) atoms. The molecule has 0 aromatic carbocycles. The highest BCUT2D eigenvalue weighted by atomic mass is 127. The highest BCUT2D eigenvalue weighted by Crippen LogP contribution is 2.22. The van der Waals surface area contributed by atoms with Crippen LogP contribution in [-0.2, 0) is 6.42 Å². The Morgan fingerprint density at radius 3 is 3.33 bits per heavy atom. The third-order valence-corrected chi connectivity index (χ3v) is 2.76. The Morgan fingerprint density at radius 2 is 2.50 bits per heavy atom. The summed E-state index contributed by atoms with van der Waals surface area (Å²) in [5.74, 6) is 0. The van der Waals surface area contributed by atoms with E-state index in [2.05, 4.69) is 32.8 Å². The molecule has 0 saturated carbocycles. The average Bonchev–Trinajstić information content (AvgIpc) is 2.31. The van der Waals surface area contributed by atoms with Crippen LogP contribution in [0, 0.1) is 3.70 Å². The molecule has 1 aliphatic carbocycles. The third-order valence-electron chi connectivity index (χ3n) is 1.94. The van der Waals surface area contributed by atoms with Crippen molar-refractivity contribution in [1.29, 1.82) is 0 Å². The first-order valence-corrected chi connectivity index (χ1v) is 4.88. The first-order valence-electron chi connectivity index (χ1n) is 3.80. The van der Waals surface area contributed by atoms with Crippen molar-refractivity contribution in [3.63, 3.8) is 0 Å². The maximum atomic E-state index is 13.0. The molecule has 1 unspecified atom stereocenters. The summed E-state index contributed by atoms with van der Waals surface area (Å²) in [5.41, 5.74) is 1.97. The van der Waals surface area contributed by atoms with Gasteiger partial charge in [0.15, 0.2) is 0 Å². The van der Waals surface area contributed by atoms with E-state index in [0.717, 1.165) is 15.0 Å². The summed E-state index contributed by atoms with van der Waals surface area (Å²) in [6.45, 7) is 0. The number of aromatic amines is 1. The number of allylic oxidation sites excluding steroid dienone is 1. The second kappa shape index (κ2) is 3.16. The van der Waals surface area contributed by atoms with Gasteiger partial charge in [-0.05, 0) is 29.0 Å². The molecule has 0 aliphatic heterocycles. The molecule has 1 atom stereocenters. The number of rotatable bonds is 0. The Hall–Kier alpha value is -0.390. The second-order valence-electron chi connectivity index (χ2n) is 2.85. The van der Waals surface area contributed by atoms with Crippen LogP contribution < -0.4 is 0 Å². The van der Waals surface area contributed by atoms with E-state index in [4.69, 9.17) is 0 Å². The molecule has 0 fully saturated rings. The molecule has 1 heterocycles. The van der Waals surface area contributed by atoms with E-state index in [0.29, 0.717) is 12.8 Å². The number of fused-ring (bicyclic) bond motifs is 1. The molecule has 4 heteroatoms. The van der Waals surface area contributed by atoms with Crippen LogP contribution in [0.3, 0.4) is 0 Å². The Labute approximate surface area is 83.4 Å². The van der Waals surface area contributed by atoms with Crippen LogP contribution in [0.2, 0.25) is 0 Å². The van der Waals surface area contributed by atoms with Crippen molar-refractivity contribution in [2.75, 3.05) is 0 Å². The minimum Gasteiger partial charge on any atom is -0.281 e. The lowest BCUT2D eigenvalue weighted by molar-refractivity contribution is 0.334. The van der Waals surface area contributed by atoms with E-state index < -0.39 is 6.17 Å². The maximum Gasteiger partial charge on any atom is 0.130 e. The monoisotopic (exact) mass is 278 g/mol. The number of hydrogen-bond donors (Lipinski definition) is 1. The number of alkyl halides is 1. The van der Waals surface area contributed by atoms with Gasteiger partial charge < -0.3 is 0 Å². The minimum absolute atomic E-state index is 0.457. The van der Waals surface area contributed by atoms with E-state index in [1.807, 2.05) is 12.2 Å². The zero-order chi connectivity index (χ0) is 8.55. The highest BCUT2D eigenvalue weighted by molar-refractivity contribution is 14.1. The minimum atomic E-state index is -0.765. The van der Waals surface area contributed by atoms with Gasteiger partial charge in [0.1, 0.15) is 9.87 Å². The number of nitrogens with one attached hydrogen (secondary N) is 1. The molecule has 1 aliphatic rings. The summed E-state index contributed by atoms with van der Waals surface area (Å²) in [6.07, 6.45) is 4.02. The summed E-state index contributed by atoms with van der Waals surface area (Å²) in [5, 5.41) is 6.87. The van der Waals surface area contributed by atoms with Gasteiger partial charge in [0.05, 0.1) is 0 Å². The van der Waals surface area contributed by atoms with E-state index >= 15 is 0 Å². The standard InChI is InChI=1S/C8H8FIN2/c9-5-2-1-3-6-7(4-5)11-12-8(6)10/h1,3,5H,2,4H2,(H,11,12). The summed E-state index contributed by atoms with van der Waals surface area (Å²) in [4.78, 5) is 0. The fourth-order valence-electron chi connectivity index (χ4n) is 1.32. The fourth-order valence-corrected chi connectivity index (χ4v) is 1.95. The van der Waals surface area contributed by atoms with Crippen LogP contribution in [-0.4, -0.2) is 16.4 Å². The van der Waals surface area contributed by atoms with Gasteiger partial charge in [-0.3, -0.25) is 5.10 Å². The third kappa shape index (κ3) is 1.39. The molecule has 2 rings (SSSR count). The van der Waals surface area contributed by atoms with Crippen LogP contribution in [0.1, 0.15) is 17.7 Å². The predicted molar refractivity (Wildman–Crippen MR) is 53.6 cm³/mol. The zero-order valence-electron chi connectivity index (χ0n) is 6.35. The van der Waals surface area contributed by atoms with Crippen LogP contribution in [0.15, 0.2) is 6.08 Å². The first kappa shape index (κ1) is 8.22. The van der Waals surface area contributed by atoms with Gasteiger partial charge in [-0.25, -0.2) is 4.39 Å². The number of hydrogen-bond acceptors (Lipinski definition) is 1. The molecule has 0 saturated heterocycles. The normalized spacial score (nSPS) is 22.0. The summed E-state index contributed by atoms with van der Waals surface area (Å²) in [7, 11) is 0. The van der Waals surface area contributed by atoms with Gasteiger partial charge in [0, 0.05) is 17.7 Å². The van der Waals surface area contributed by atoms with Crippen molar-refractivity contribution in [3.8, 4) is 0 Å². The molecule has 0 amide bonds. The lowest BCUT2D eigenvalue weighted by Crippen LogP contribution is -2.02. The second-order valence-corrected chi connectivity index (χ2v) is 3.87. The maximum absolute atomic E-state index is 13.0. The predicted octanol–water partition coefficient (Wildman–Crippen LogP) is 2.31. The molecule has 1 N–H and O–H groups in total. The lowest BCUT2D eigenvalue weighted by Gasteiger charge is -1.99. The molecule has 0 spiro atoms. The van der Waals surface area contributed by atoms with Crippen molar-refractivity contribution in [1.82, 2.24) is 10.2 Å². The summed E-state index contributed by atoms with van der Waals surface area (Å²) < 4.78 is 14.0. The zero-order valence-corrected chi connectivity index (χ0v) is 8.51. The van der Waals surface area contributed by atoms with Gasteiger partial charge in [0.25, 0.3) is 0 Å². The van der Waals surface area contributed by atoms with Crippen molar-refractivity contribution < 1.29 is 4.39 Å². The van der Waals surface area contributed by atoms with Gasteiger partial charge in [-0.2, -0.15) is 5.10 Å². The van der Waals surface area contributed by atoms with Gasteiger partial charge in [0.2, 0.25) is 0 Å². The molecular formula is C8H8FIN2. The van der Waals surface area contributed by atoms with Crippen LogP contribution in [0.25, 0.3) is 6.08 Å². The highest BCUT2D eigenvalue weighted by Gasteiger charge is 2.16. The quantitative estimate of drug-likeness (QED) is 0.725. The molecule has 0 bridgehead atoms. The molecule has 2 nitrogen and oxygen atoms in total. The Morgan fingerprint density at radius 1 is 1.67 bits per heavy atom. The van der Waals surface area contributed by atoms with Crippen LogP contribution >= 0.6 is 22.6 Å². The van der Waals surface area contributed by atoms with Gasteiger partial charge in [-0.15, -0.1) is 0 Å². The SMILES string of the molecule is FC1CC=Cc2c(I)n[nH]c2C1. The smallest absolute Gasteiger partial charge is 0.130 e. The number of H-pyrrole nitrogens is 1. The summed E-state index contributed by atoms with van der Waals surface area (Å²) >= 11 is 2.15. The van der Waals surface area contributed by atoms with Crippen molar-refractivity contribution in [2.24, 2.45) is 0 Å². The van der Waals surface area contributed by atoms with Gasteiger partial charge in [-0.1, -0.05) is 12.2 Å². The molecule has 64 valence electrons. The Balaban J connectivity index is 2.43. The molecule has 1 aromatic rings. The van der Waals surface area contributed by atoms with E-state index in [1.54, 1.807) is 0 Å². The molecule has 0 radical (unpaired) electrons. The molecule has 1 aromatic heterocycles. The number of aromatic nitrogens is 2. The van der Waals surface area contributed by atoms with E-state index in [1.165, 1.54) is 0 Å². The van der Waals surface area contributed by atoms with Crippen molar-refractivity contribution in [2.45, 2.75) is 19.0 Å². The van der Waals surface area contributed by atoms with Crippen LogP contribution in [0.5, 0.6) is 0 Å². The van der Waals surface area contributed by atoms with E-state index in [9.17, 15) is 4.39 Å². The van der Waals surface area contributed by atoms with Crippen molar-refractivity contribution >= 4 is 28.7 Å². The lowest BCUT2D eigenvalue weighted by atomic mass is 10.2. The number of halogens is 2. The topological polar surface area (TPSA) is 28.7 Å². The Bertz CT molecular complexity index is 319. The van der Waals surface area contributed by atoms with E-state index in [-0.39, 0.29) is 0 Å². The van der Waals surface area contributed by atoms with Gasteiger partial charge >= 0.3 is 0 Å². The average molecular weight is 278 g/mol. The molecular weight excluding hydrogens is 270 g/mol.